The first kappa shape index (κ1) is 17.8. The molecule has 0 aliphatic carbocycles. The van der Waals surface area contributed by atoms with Crippen LogP contribution in [0.4, 0.5) is 11.4 Å². The monoisotopic (exact) mass is 363 g/mol. The number of hydrogen-bond acceptors (Lipinski definition) is 5. The zero-order valence-corrected chi connectivity index (χ0v) is 15.2. The fourth-order valence-electron chi connectivity index (χ4n) is 2.94. The van der Waals surface area contributed by atoms with Crippen LogP contribution in [0.1, 0.15) is 0 Å². The fourth-order valence-corrected chi connectivity index (χ4v) is 3.21. The summed E-state index contributed by atoms with van der Waals surface area (Å²) in [6.07, 6.45) is 0. The first-order valence-corrected chi connectivity index (χ1v) is 8.91. The van der Waals surface area contributed by atoms with Crippen LogP contribution in [-0.4, -0.2) is 36.1 Å². The summed E-state index contributed by atoms with van der Waals surface area (Å²) in [5, 5.41) is 12.6. The van der Waals surface area contributed by atoms with Crippen molar-refractivity contribution >= 4 is 28.6 Å². The standard InChI is InChI=1S/C20H21N5S/c21-15-18(20(26)23-16-7-3-1-4-8-16)19(22)25-13-11-24(12-14-25)17-9-5-2-6-10-17/h1-10H,11-14,22H2,(H,23,26)/b19-18+. The van der Waals surface area contributed by atoms with Gasteiger partial charge in [0.05, 0.1) is 0 Å². The molecule has 0 radical (unpaired) electrons. The third-order valence-electron chi connectivity index (χ3n) is 4.37. The maximum atomic E-state index is 9.55. The number of anilines is 2. The van der Waals surface area contributed by atoms with Gasteiger partial charge in [-0.25, -0.2) is 0 Å². The van der Waals surface area contributed by atoms with Crippen LogP contribution in [0.5, 0.6) is 0 Å². The number of nitriles is 1. The largest absolute Gasteiger partial charge is 0.384 e. The number of nitrogens with two attached hydrogens (primary N) is 1. The summed E-state index contributed by atoms with van der Waals surface area (Å²) in [5.41, 5.74) is 8.64. The van der Waals surface area contributed by atoms with Gasteiger partial charge in [-0.2, -0.15) is 5.26 Å². The molecule has 0 aromatic heterocycles. The molecule has 26 heavy (non-hydrogen) atoms. The Morgan fingerprint density at radius 3 is 2.12 bits per heavy atom. The molecule has 132 valence electrons. The van der Waals surface area contributed by atoms with Crippen molar-refractivity contribution in [3.8, 4) is 6.07 Å². The number of hydrogen-bond donors (Lipinski definition) is 2. The molecule has 5 nitrogen and oxygen atoms in total. The van der Waals surface area contributed by atoms with Crippen molar-refractivity contribution < 1.29 is 0 Å². The molecule has 0 atom stereocenters. The predicted molar refractivity (Wildman–Crippen MR) is 110 cm³/mol. The van der Waals surface area contributed by atoms with Gasteiger partial charge in [0.15, 0.2) is 0 Å². The molecule has 0 unspecified atom stereocenters. The Morgan fingerprint density at radius 2 is 1.54 bits per heavy atom. The summed E-state index contributed by atoms with van der Waals surface area (Å²) in [6, 6.07) is 22.0. The molecule has 1 aliphatic heterocycles. The zero-order chi connectivity index (χ0) is 18.4. The van der Waals surface area contributed by atoms with Gasteiger partial charge >= 0.3 is 0 Å². The third-order valence-corrected chi connectivity index (χ3v) is 4.67. The molecule has 1 saturated heterocycles. The van der Waals surface area contributed by atoms with Gasteiger partial charge < -0.3 is 20.9 Å². The first-order chi connectivity index (χ1) is 12.7. The Labute approximate surface area is 159 Å². The molecule has 0 saturated carbocycles. The summed E-state index contributed by atoms with van der Waals surface area (Å²) in [4.78, 5) is 4.69. The number of thiocarbonyl (C=S) groups is 1. The Kier molecular flexibility index (Phi) is 5.72. The van der Waals surface area contributed by atoms with Crippen molar-refractivity contribution in [1.82, 2.24) is 4.90 Å². The van der Waals surface area contributed by atoms with Gasteiger partial charge in [-0.05, 0) is 24.3 Å². The maximum absolute atomic E-state index is 9.55. The quantitative estimate of drug-likeness (QED) is 0.495. The molecule has 6 heteroatoms. The van der Waals surface area contributed by atoms with Gasteiger partial charge in [-0.15, -0.1) is 0 Å². The summed E-state index contributed by atoms with van der Waals surface area (Å²) in [7, 11) is 0. The second-order valence-electron chi connectivity index (χ2n) is 6.00. The third kappa shape index (κ3) is 4.13. The van der Waals surface area contributed by atoms with Gasteiger partial charge in [-0.3, -0.25) is 0 Å². The van der Waals surface area contributed by atoms with Gasteiger partial charge in [0.25, 0.3) is 0 Å². The maximum Gasteiger partial charge on any atom is 0.127 e. The Hall–Kier alpha value is -3.04. The zero-order valence-electron chi connectivity index (χ0n) is 14.4. The summed E-state index contributed by atoms with van der Waals surface area (Å²) < 4.78 is 0. The van der Waals surface area contributed by atoms with E-state index in [1.807, 2.05) is 53.4 Å². The second kappa shape index (κ2) is 8.37. The minimum Gasteiger partial charge on any atom is -0.384 e. The van der Waals surface area contributed by atoms with E-state index < -0.39 is 0 Å². The molecule has 3 N–H and O–H groups in total. The molecule has 0 bridgehead atoms. The fraction of sp³-hybridized carbons (Fsp3) is 0.200. The SMILES string of the molecule is N#C/C(C(=S)Nc1ccccc1)=C(/N)N1CCN(c2ccccc2)CC1. The van der Waals surface area contributed by atoms with Gasteiger partial charge in [0, 0.05) is 37.6 Å². The average molecular weight is 363 g/mol. The highest BCUT2D eigenvalue weighted by Gasteiger charge is 2.21. The van der Waals surface area contributed by atoms with Crippen molar-refractivity contribution in [3.63, 3.8) is 0 Å². The molecule has 1 heterocycles. The highest BCUT2D eigenvalue weighted by molar-refractivity contribution is 7.81. The number of nitrogens with zero attached hydrogens (tertiary/aromatic N) is 3. The molecular formula is C20H21N5S. The minimum absolute atomic E-state index is 0.317. The van der Waals surface area contributed by atoms with Crippen molar-refractivity contribution in [2.24, 2.45) is 5.73 Å². The molecule has 1 aliphatic rings. The second-order valence-corrected chi connectivity index (χ2v) is 6.41. The highest BCUT2D eigenvalue weighted by atomic mass is 32.1. The molecule has 3 rings (SSSR count). The van der Waals surface area contributed by atoms with Crippen LogP contribution in [0, 0.1) is 11.3 Å². The smallest absolute Gasteiger partial charge is 0.127 e. The lowest BCUT2D eigenvalue weighted by Crippen LogP contribution is -2.48. The number of benzene rings is 2. The Morgan fingerprint density at radius 1 is 0.962 bits per heavy atom. The van der Waals surface area contributed by atoms with E-state index in [0.717, 1.165) is 31.9 Å². The topological polar surface area (TPSA) is 68.3 Å². The van der Waals surface area contributed by atoms with E-state index in [1.165, 1.54) is 5.69 Å². The van der Waals surface area contributed by atoms with Crippen LogP contribution in [0.3, 0.4) is 0 Å². The van der Waals surface area contributed by atoms with Crippen molar-refractivity contribution in [3.05, 3.63) is 72.1 Å². The summed E-state index contributed by atoms with van der Waals surface area (Å²) in [5.74, 6) is 0.439. The van der Waals surface area contributed by atoms with E-state index in [0.29, 0.717) is 16.4 Å². The molecule has 1 fully saturated rings. The van der Waals surface area contributed by atoms with E-state index in [1.54, 1.807) is 0 Å². The lowest BCUT2D eigenvalue weighted by Gasteiger charge is -2.37. The molecule has 0 spiro atoms. The number of nitrogens with one attached hydrogen (secondary N) is 1. The van der Waals surface area contributed by atoms with E-state index in [2.05, 4.69) is 28.4 Å². The predicted octanol–water partition coefficient (Wildman–Crippen LogP) is 2.94. The van der Waals surface area contributed by atoms with Crippen molar-refractivity contribution in [1.29, 1.82) is 5.26 Å². The molecule has 2 aromatic carbocycles. The Balaban J connectivity index is 1.67. The molecular weight excluding hydrogens is 342 g/mol. The first-order valence-electron chi connectivity index (χ1n) is 8.50. The average Bonchev–Trinajstić information content (AvgIpc) is 2.70. The van der Waals surface area contributed by atoms with E-state index in [-0.39, 0.29) is 0 Å². The summed E-state index contributed by atoms with van der Waals surface area (Å²) >= 11 is 5.39. The van der Waals surface area contributed by atoms with Gasteiger partial charge in [0.1, 0.15) is 22.5 Å². The minimum atomic E-state index is 0.317. The van der Waals surface area contributed by atoms with Gasteiger partial charge in [0.2, 0.25) is 0 Å². The number of para-hydroxylation sites is 2. The Bertz CT molecular complexity index is 818. The van der Waals surface area contributed by atoms with Crippen LogP contribution < -0.4 is 16.0 Å². The normalized spacial score (nSPS) is 15.0. The molecule has 0 amide bonds. The van der Waals surface area contributed by atoms with Crippen LogP contribution >= 0.6 is 12.2 Å². The van der Waals surface area contributed by atoms with Crippen LogP contribution in [0.2, 0.25) is 0 Å². The van der Waals surface area contributed by atoms with Crippen molar-refractivity contribution in [2.75, 3.05) is 36.4 Å². The summed E-state index contributed by atoms with van der Waals surface area (Å²) in [6.45, 7) is 3.20. The van der Waals surface area contributed by atoms with Gasteiger partial charge in [-0.1, -0.05) is 48.6 Å². The van der Waals surface area contributed by atoms with Crippen LogP contribution in [0.25, 0.3) is 0 Å². The van der Waals surface area contributed by atoms with Crippen molar-refractivity contribution in [2.45, 2.75) is 0 Å². The van der Waals surface area contributed by atoms with E-state index in [9.17, 15) is 5.26 Å². The number of rotatable bonds is 4. The lowest BCUT2D eigenvalue weighted by molar-refractivity contribution is 0.317. The van der Waals surface area contributed by atoms with E-state index in [4.69, 9.17) is 18.0 Å². The lowest BCUT2D eigenvalue weighted by atomic mass is 10.2. The number of piperazine rings is 1. The van der Waals surface area contributed by atoms with E-state index >= 15 is 0 Å². The van der Waals surface area contributed by atoms with Crippen LogP contribution in [0.15, 0.2) is 72.1 Å². The van der Waals surface area contributed by atoms with Crippen LogP contribution in [-0.2, 0) is 0 Å². The molecule has 2 aromatic rings. The highest BCUT2D eigenvalue weighted by Crippen LogP contribution is 2.18.